The van der Waals surface area contributed by atoms with Crippen LogP contribution in [0, 0.1) is 11.2 Å². The number of fused-ring (bicyclic) bond motifs is 1. The quantitative estimate of drug-likeness (QED) is 0.316. The number of benzene rings is 3. The first-order chi connectivity index (χ1) is 20.1. The van der Waals surface area contributed by atoms with Crippen molar-refractivity contribution in [3.05, 3.63) is 98.8 Å². The third kappa shape index (κ3) is 5.06. The van der Waals surface area contributed by atoms with Gasteiger partial charge in [-0.05, 0) is 67.1 Å². The number of carbonyl (C=O) groups is 3. The van der Waals surface area contributed by atoms with E-state index in [1.807, 2.05) is 18.2 Å². The fraction of sp³-hybridized carbons (Fsp3) is 0.344. The molecule has 2 N–H and O–H groups in total. The normalized spacial score (nSPS) is 22.6. The zero-order chi connectivity index (χ0) is 29.6. The van der Waals surface area contributed by atoms with Gasteiger partial charge in [-0.15, -0.1) is 0 Å². The van der Waals surface area contributed by atoms with Crippen LogP contribution in [-0.4, -0.2) is 54.1 Å². The van der Waals surface area contributed by atoms with Crippen molar-refractivity contribution < 1.29 is 23.9 Å². The molecular weight excluding hydrogens is 580 g/mol. The summed E-state index contributed by atoms with van der Waals surface area (Å²) in [6.07, 6.45) is 2.60. The molecule has 2 heterocycles. The number of carbonyl (C=O) groups excluding carboxylic acids is 2. The smallest absolute Gasteiger partial charge is 0.407 e. The number of aryl methyl sites for hydroxylation is 1. The molecule has 7 nitrogen and oxygen atoms in total. The van der Waals surface area contributed by atoms with E-state index < -0.39 is 11.9 Å². The van der Waals surface area contributed by atoms with Gasteiger partial charge in [-0.3, -0.25) is 4.79 Å². The van der Waals surface area contributed by atoms with E-state index >= 15 is 0 Å². The Labute approximate surface area is 253 Å². The minimum Gasteiger partial charge on any atom is -0.465 e. The Balaban J connectivity index is 1.32. The molecule has 0 bridgehead atoms. The topological polar surface area (TPSA) is 86.7 Å². The number of nitrogens with one attached hydrogen (secondary N) is 1. The molecule has 2 aliphatic heterocycles. The van der Waals surface area contributed by atoms with Gasteiger partial charge >= 0.3 is 12.0 Å². The SMILES string of the molecule is O=C(NC1CCc2ccc(C(=O)[N+]3(c4ccc(F)c(Cl)c4)CCC4(CCN(C(=O)O)CC4)C3)cc21)c1ccccc1Cl. The number of likely N-dealkylation sites (tertiary alicyclic amines) is 2. The second-order valence-corrected chi connectivity index (χ2v) is 12.5. The molecule has 2 fully saturated rings. The lowest BCUT2D eigenvalue weighted by Gasteiger charge is -2.39. The van der Waals surface area contributed by atoms with Gasteiger partial charge < -0.3 is 15.3 Å². The maximum atomic E-state index is 14.6. The van der Waals surface area contributed by atoms with E-state index in [1.54, 1.807) is 36.4 Å². The number of amides is 3. The molecular formula is C32H31Cl2FN3O4+. The Hall–Kier alpha value is -3.46. The minimum absolute atomic E-state index is 0.0253. The summed E-state index contributed by atoms with van der Waals surface area (Å²) in [5, 5.41) is 12.9. The van der Waals surface area contributed by atoms with Crippen LogP contribution in [-0.2, 0) is 6.42 Å². The van der Waals surface area contributed by atoms with E-state index in [0.717, 1.165) is 24.0 Å². The molecule has 3 aromatic rings. The summed E-state index contributed by atoms with van der Waals surface area (Å²) in [6, 6.07) is 16.8. The van der Waals surface area contributed by atoms with Crippen molar-refractivity contribution in [1.29, 1.82) is 0 Å². The Morgan fingerprint density at radius 3 is 2.45 bits per heavy atom. The van der Waals surface area contributed by atoms with E-state index in [0.29, 0.717) is 67.3 Å². The highest BCUT2D eigenvalue weighted by atomic mass is 35.5. The third-order valence-corrected chi connectivity index (χ3v) is 10.0. The largest absolute Gasteiger partial charge is 0.465 e. The van der Waals surface area contributed by atoms with Crippen LogP contribution in [0.1, 0.15) is 63.6 Å². The van der Waals surface area contributed by atoms with Crippen LogP contribution < -0.4 is 9.80 Å². The predicted molar refractivity (Wildman–Crippen MR) is 160 cm³/mol. The highest BCUT2D eigenvalue weighted by Gasteiger charge is 2.55. The molecule has 1 aliphatic carbocycles. The molecule has 42 heavy (non-hydrogen) atoms. The molecule has 2 saturated heterocycles. The van der Waals surface area contributed by atoms with Gasteiger partial charge in [0.2, 0.25) is 0 Å². The fourth-order valence-electron chi connectivity index (χ4n) is 7.02. The van der Waals surface area contributed by atoms with Crippen LogP contribution in [0.2, 0.25) is 10.0 Å². The van der Waals surface area contributed by atoms with Crippen LogP contribution in [0.15, 0.2) is 60.7 Å². The molecule has 6 rings (SSSR count). The number of hydrogen-bond acceptors (Lipinski definition) is 3. The molecule has 0 radical (unpaired) electrons. The average molecular weight is 612 g/mol. The van der Waals surface area contributed by atoms with Crippen molar-refractivity contribution in [2.75, 3.05) is 26.2 Å². The number of nitrogens with zero attached hydrogens (tertiary/aromatic N) is 2. The molecule has 2 atom stereocenters. The second kappa shape index (κ2) is 11.0. The maximum Gasteiger partial charge on any atom is 0.407 e. The monoisotopic (exact) mass is 610 g/mol. The van der Waals surface area contributed by atoms with Crippen molar-refractivity contribution in [3.8, 4) is 0 Å². The summed E-state index contributed by atoms with van der Waals surface area (Å²) in [5.74, 6) is -0.945. The van der Waals surface area contributed by atoms with Crippen molar-refractivity contribution in [2.24, 2.45) is 5.41 Å². The fourth-order valence-corrected chi connectivity index (χ4v) is 7.41. The molecule has 1 spiro atoms. The van der Waals surface area contributed by atoms with E-state index in [9.17, 15) is 23.9 Å². The molecule has 218 valence electrons. The van der Waals surface area contributed by atoms with E-state index in [1.165, 1.54) is 11.0 Å². The lowest BCUT2D eigenvalue weighted by Crippen LogP contribution is -2.55. The summed E-state index contributed by atoms with van der Waals surface area (Å²) in [4.78, 5) is 40.6. The second-order valence-electron chi connectivity index (χ2n) is 11.7. The Bertz CT molecular complexity index is 1590. The summed E-state index contributed by atoms with van der Waals surface area (Å²) in [7, 11) is 0. The number of rotatable bonds is 4. The van der Waals surface area contributed by atoms with Crippen molar-refractivity contribution in [3.63, 3.8) is 0 Å². The number of carboxylic acid groups (broad SMARTS) is 1. The first kappa shape index (κ1) is 28.6. The van der Waals surface area contributed by atoms with Gasteiger partial charge in [-0.25, -0.2) is 18.5 Å². The molecule has 3 aromatic carbocycles. The molecule has 0 saturated carbocycles. The summed E-state index contributed by atoms with van der Waals surface area (Å²) < 4.78 is 14.2. The summed E-state index contributed by atoms with van der Waals surface area (Å²) in [5.41, 5.74) is 3.28. The summed E-state index contributed by atoms with van der Waals surface area (Å²) in [6.45, 7) is 1.81. The predicted octanol–water partition coefficient (Wildman–Crippen LogP) is 6.86. The van der Waals surface area contributed by atoms with Crippen molar-refractivity contribution in [2.45, 2.75) is 38.1 Å². The lowest BCUT2D eigenvalue weighted by molar-refractivity contribution is 0.0713. The van der Waals surface area contributed by atoms with Gasteiger partial charge in [-0.2, -0.15) is 0 Å². The molecule has 3 aliphatic rings. The van der Waals surface area contributed by atoms with Gasteiger partial charge in [0.1, 0.15) is 11.5 Å². The Morgan fingerprint density at radius 1 is 0.976 bits per heavy atom. The zero-order valence-corrected chi connectivity index (χ0v) is 24.4. The Kier molecular flexibility index (Phi) is 7.50. The van der Waals surface area contributed by atoms with Gasteiger partial charge in [0.15, 0.2) is 0 Å². The maximum absolute atomic E-state index is 14.6. The van der Waals surface area contributed by atoms with Crippen LogP contribution in [0.25, 0.3) is 0 Å². The van der Waals surface area contributed by atoms with Gasteiger partial charge in [0.25, 0.3) is 5.91 Å². The highest BCUT2D eigenvalue weighted by Crippen LogP contribution is 2.47. The van der Waals surface area contributed by atoms with Crippen LogP contribution in [0.3, 0.4) is 0 Å². The number of piperidine rings is 1. The first-order valence-corrected chi connectivity index (χ1v) is 14.9. The van der Waals surface area contributed by atoms with E-state index in [-0.39, 0.29) is 32.8 Å². The van der Waals surface area contributed by atoms with Gasteiger partial charge in [-0.1, -0.05) is 41.4 Å². The minimum atomic E-state index is -0.931. The standard InChI is InChI=1S/C32H30Cl2FN3O4/c33-25-4-2-1-3-23(25)29(39)36-28-10-7-20-5-6-21(17-24(20)28)30(40)38(22-8-9-27(35)26(34)18-22)16-13-32(19-38)11-14-37(15-12-32)31(41)42/h1-6,8-9,17-18,28H,7,10-16,19H2,(H-,36,39,41,42)/p+1. The van der Waals surface area contributed by atoms with Crippen LogP contribution >= 0.6 is 23.2 Å². The van der Waals surface area contributed by atoms with E-state index in [4.69, 9.17) is 23.2 Å². The number of quaternary nitrogens is 1. The van der Waals surface area contributed by atoms with Crippen molar-refractivity contribution in [1.82, 2.24) is 14.7 Å². The van der Waals surface area contributed by atoms with E-state index in [2.05, 4.69) is 5.32 Å². The van der Waals surface area contributed by atoms with Crippen molar-refractivity contribution >= 4 is 46.8 Å². The van der Waals surface area contributed by atoms with Gasteiger partial charge in [0.05, 0.1) is 40.3 Å². The number of hydrogen-bond donors (Lipinski definition) is 2. The molecule has 2 unspecified atom stereocenters. The highest BCUT2D eigenvalue weighted by molar-refractivity contribution is 6.33. The van der Waals surface area contributed by atoms with Gasteiger partial charge in [0, 0.05) is 37.1 Å². The first-order valence-electron chi connectivity index (χ1n) is 14.1. The molecule has 0 aromatic heterocycles. The average Bonchev–Trinajstić information content (AvgIpc) is 3.56. The lowest BCUT2D eigenvalue weighted by atomic mass is 9.77. The van der Waals surface area contributed by atoms with Crippen LogP contribution in [0.5, 0.6) is 0 Å². The zero-order valence-electron chi connectivity index (χ0n) is 22.9. The Morgan fingerprint density at radius 2 is 1.74 bits per heavy atom. The molecule has 10 heteroatoms. The number of halogens is 3. The third-order valence-electron chi connectivity index (χ3n) is 9.40. The van der Waals surface area contributed by atoms with Crippen LogP contribution in [0.4, 0.5) is 14.9 Å². The summed E-state index contributed by atoms with van der Waals surface area (Å²) >= 11 is 12.5. The molecule has 3 amide bonds.